The normalized spacial score (nSPS) is 14.8. The number of methoxy groups -OCH3 is 1. The van der Waals surface area contributed by atoms with Gasteiger partial charge in [0, 0.05) is 23.5 Å². The molecule has 38 heavy (non-hydrogen) atoms. The number of H-pyrrole nitrogens is 1. The number of para-hydroxylation sites is 1. The highest BCUT2D eigenvalue weighted by Crippen LogP contribution is 2.31. The van der Waals surface area contributed by atoms with Crippen LogP contribution in [0.1, 0.15) is 47.2 Å². The first-order valence-electron chi connectivity index (χ1n) is 13.7. The maximum atomic E-state index is 5.40. The van der Waals surface area contributed by atoms with Crippen molar-refractivity contribution < 1.29 is 4.74 Å². The van der Waals surface area contributed by atoms with E-state index in [0.29, 0.717) is 0 Å². The number of nitrogens with one attached hydrogen (secondary N) is 1. The van der Waals surface area contributed by atoms with Crippen molar-refractivity contribution in [3.63, 3.8) is 0 Å². The number of benzene rings is 3. The van der Waals surface area contributed by atoms with Crippen molar-refractivity contribution in [3.8, 4) is 5.75 Å². The van der Waals surface area contributed by atoms with Crippen LogP contribution in [-0.4, -0.2) is 44.8 Å². The fraction of sp³-hybridized carbons (Fsp3) is 0.312. The number of aromatic nitrogens is 4. The maximum absolute atomic E-state index is 5.40. The Labute approximate surface area is 224 Å². The number of fused-ring (bicyclic) bond motifs is 1. The van der Waals surface area contributed by atoms with Gasteiger partial charge in [-0.3, -0.25) is 4.90 Å². The third-order valence-electron chi connectivity index (χ3n) is 7.80. The minimum absolute atomic E-state index is 0.174. The van der Waals surface area contributed by atoms with Crippen LogP contribution < -0.4 is 4.74 Å². The smallest absolute Gasteiger partial charge is 0.151 e. The van der Waals surface area contributed by atoms with Gasteiger partial charge in [-0.1, -0.05) is 60.7 Å². The van der Waals surface area contributed by atoms with Crippen LogP contribution in [-0.2, 0) is 25.8 Å². The van der Waals surface area contributed by atoms with E-state index in [1.807, 2.05) is 12.1 Å². The fourth-order valence-corrected chi connectivity index (χ4v) is 5.71. The molecule has 3 aromatic carbocycles. The van der Waals surface area contributed by atoms with Gasteiger partial charge in [-0.2, -0.15) is 0 Å². The van der Waals surface area contributed by atoms with Crippen molar-refractivity contribution in [2.75, 3.05) is 20.2 Å². The molecule has 194 valence electrons. The Morgan fingerprint density at radius 2 is 1.61 bits per heavy atom. The maximum Gasteiger partial charge on any atom is 0.151 e. The summed E-state index contributed by atoms with van der Waals surface area (Å²) in [5.74, 6) is 2.98. The summed E-state index contributed by atoms with van der Waals surface area (Å²) in [6.45, 7) is 2.94. The van der Waals surface area contributed by atoms with E-state index in [9.17, 15) is 0 Å². The topological polar surface area (TPSA) is 59.0 Å². The van der Waals surface area contributed by atoms with E-state index in [-0.39, 0.29) is 6.04 Å². The molecule has 1 fully saturated rings. The summed E-state index contributed by atoms with van der Waals surface area (Å²) in [6, 6.07) is 27.8. The summed E-state index contributed by atoms with van der Waals surface area (Å²) in [6.07, 6.45) is 7.35. The van der Waals surface area contributed by atoms with E-state index in [1.165, 1.54) is 40.4 Å². The Hall–Kier alpha value is -3.90. The fourth-order valence-electron chi connectivity index (χ4n) is 5.71. The number of aryl methyl sites for hydroxylation is 2. The molecule has 1 aliphatic heterocycles. The Morgan fingerprint density at radius 3 is 2.39 bits per heavy atom. The van der Waals surface area contributed by atoms with Crippen LogP contribution in [0.25, 0.3) is 10.9 Å². The molecule has 0 amide bonds. The molecule has 0 spiro atoms. The molecule has 1 atom stereocenters. The van der Waals surface area contributed by atoms with E-state index >= 15 is 0 Å². The van der Waals surface area contributed by atoms with Gasteiger partial charge in [0.05, 0.1) is 19.7 Å². The monoisotopic (exact) mass is 505 g/mol. The van der Waals surface area contributed by atoms with Gasteiger partial charge in [0.2, 0.25) is 0 Å². The number of rotatable bonds is 10. The van der Waals surface area contributed by atoms with E-state index in [0.717, 1.165) is 56.3 Å². The Balaban J connectivity index is 1.37. The lowest BCUT2D eigenvalue weighted by molar-refractivity contribution is 0.229. The van der Waals surface area contributed by atoms with Crippen molar-refractivity contribution in [1.29, 1.82) is 0 Å². The zero-order valence-corrected chi connectivity index (χ0v) is 22.0. The molecule has 6 heteroatoms. The summed E-state index contributed by atoms with van der Waals surface area (Å²) in [5.41, 5.74) is 5.07. The van der Waals surface area contributed by atoms with Crippen LogP contribution >= 0.6 is 0 Å². The van der Waals surface area contributed by atoms with Crippen LogP contribution in [0.3, 0.4) is 0 Å². The number of nitrogens with zero attached hydrogens (tertiary/aromatic N) is 4. The lowest BCUT2D eigenvalue weighted by atomic mass is 10.0. The predicted molar refractivity (Wildman–Crippen MR) is 152 cm³/mol. The van der Waals surface area contributed by atoms with Gasteiger partial charge in [-0.05, 0) is 73.7 Å². The Bertz CT molecular complexity index is 1470. The van der Waals surface area contributed by atoms with Gasteiger partial charge in [0.1, 0.15) is 11.6 Å². The second-order valence-corrected chi connectivity index (χ2v) is 10.2. The summed E-state index contributed by atoms with van der Waals surface area (Å²) >= 11 is 0. The highest BCUT2D eigenvalue weighted by Gasteiger charge is 2.30. The van der Waals surface area contributed by atoms with Crippen LogP contribution in [0.5, 0.6) is 5.75 Å². The minimum Gasteiger partial charge on any atom is -0.497 e. The quantitative estimate of drug-likeness (QED) is 0.254. The molecule has 0 radical (unpaired) electrons. The summed E-state index contributed by atoms with van der Waals surface area (Å²) in [7, 11) is 1.71. The third kappa shape index (κ3) is 5.22. The number of hydrogen-bond donors (Lipinski definition) is 1. The highest BCUT2D eigenvalue weighted by molar-refractivity contribution is 5.83. The first-order valence-corrected chi connectivity index (χ1v) is 13.7. The summed E-state index contributed by atoms with van der Waals surface area (Å²) in [4.78, 5) is 6.08. The molecular formula is C32H35N5O. The third-order valence-corrected chi connectivity index (χ3v) is 7.80. The molecule has 1 N–H and O–H groups in total. The molecule has 0 bridgehead atoms. The number of likely N-dealkylation sites (tertiary alicyclic amines) is 1. The van der Waals surface area contributed by atoms with Gasteiger partial charge in [-0.25, -0.2) is 0 Å². The number of aromatic amines is 1. The van der Waals surface area contributed by atoms with E-state index in [4.69, 9.17) is 14.9 Å². The largest absolute Gasteiger partial charge is 0.497 e. The highest BCUT2D eigenvalue weighted by atomic mass is 16.5. The van der Waals surface area contributed by atoms with Crippen molar-refractivity contribution >= 4 is 10.9 Å². The zero-order chi connectivity index (χ0) is 25.7. The van der Waals surface area contributed by atoms with Gasteiger partial charge in [0.15, 0.2) is 5.82 Å². The molecule has 0 saturated carbocycles. The molecule has 6 rings (SSSR count). The number of hydrogen-bond acceptors (Lipinski definition) is 4. The van der Waals surface area contributed by atoms with Crippen molar-refractivity contribution in [1.82, 2.24) is 24.6 Å². The van der Waals surface area contributed by atoms with Crippen LogP contribution in [0.2, 0.25) is 0 Å². The molecule has 5 aromatic rings. The van der Waals surface area contributed by atoms with Crippen molar-refractivity contribution in [2.24, 2.45) is 0 Å². The summed E-state index contributed by atoms with van der Waals surface area (Å²) in [5, 5.41) is 11.0. The molecule has 1 aliphatic rings. The zero-order valence-electron chi connectivity index (χ0n) is 22.0. The molecular weight excluding hydrogens is 470 g/mol. The second-order valence-electron chi connectivity index (χ2n) is 10.2. The van der Waals surface area contributed by atoms with Gasteiger partial charge >= 0.3 is 0 Å². The number of ether oxygens (including phenoxy) is 1. The van der Waals surface area contributed by atoms with Crippen molar-refractivity contribution in [2.45, 2.75) is 44.7 Å². The van der Waals surface area contributed by atoms with Gasteiger partial charge in [-0.15, -0.1) is 10.2 Å². The molecule has 6 nitrogen and oxygen atoms in total. The first-order chi connectivity index (χ1) is 18.8. The summed E-state index contributed by atoms with van der Waals surface area (Å²) < 4.78 is 7.78. The average molecular weight is 506 g/mol. The van der Waals surface area contributed by atoms with Gasteiger partial charge < -0.3 is 14.3 Å². The predicted octanol–water partition coefficient (Wildman–Crippen LogP) is 5.98. The van der Waals surface area contributed by atoms with E-state index in [2.05, 4.69) is 87.4 Å². The molecule has 2 aromatic heterocycles. The minimum atomic E-state index is 0.174. The lowest BCUT2D eigenvalue weighted by Gasteiger charge is -2.27. The Morgan fingerprint density at radius 1 is 0.842 bits per heavy atom. The molecule has 0 aliphatic carbocycles. The lowest BCUT2D eigenvalue weighted by Crippen LogP contribution is -2.30. The molecule has 0 unspecified atom stereocenters. The van der Waals surface area contributed by atoms with E-state index < -0.39 is 0 Å². The van der Waals surface area contributed by atoms with Crippen LogP contribution in [0, 0.1) is 0 Å². The van der Waals surface area contributed by atoms with E-state index in [1.54, 1.807) is 7.11 Å². The average Bonchev–Trinajstić information content (AvgIpc) is 3.73. The van der Waals surface area contributed by atoms with Crippen LogP contribution in [0.15, 0.2) is 85.1 Å². The van der Waals surface area contributed by atoms with Crippen molar-refractivity contribution in [3.05, 3.63) is 113 Å². The molecule has 1 saturated heterocycles. The van der Waals surface area contributed by atoms with Gasteiger partial charge in [0.25, 0.3) is 0 Å². The Kier molecular flexibility index (Phi) is 7.22. The van der Waals surface area contributed by atoms with Crippen LogP contribution in [0.4, 0.5) is 0 Å². The molecule has 3 heterocycles. The standard InChI is InChI=1S/C32H35N5O/c1-38-27-16-13-25(14-17-27)23-37-31(18-15-24-9-3-2-4-10-24)34-35-32(37)30(36-19-7-8-20-36)21-26-22-33-29-12-6-5-11-28(26)29/h2-6,9-14,16-17,22,30,33H,7-8,15,18-21,23H2,1H3/t30-/m1/s1. The first kappa shape index (κ1) is 24.4. The SMILES string of the molecule is COc1ccc(Cn2c(CCc3ccccc3)nnc2[C@@H](Cc2c[nH]c3ccccc23)N2CCCC2)cc1. The second kappa shape index (κ2) is 11.2.